The SMILES string of the molecule is CO[Si](C)(CCCO)OC(P)[Si](C)(C)C. The molecule has 0 aromatic rings. The lowest BCUT2D eigenvalue weighted by atomic mass is 10.5. The molecule has 0 amide bonds. The van der Waals surface area contributed by atoms with Gasteiger partial charge in [0.1, 0.15) is 0 Å². The normalized spacial score (nSPS) is 18.6. The highest BCUT2D eigenvalue weighted by atomic mass is 31.0. The Morgan fingerprint density at radius 2 is 1.80 bits per heavy atom. The van der Waals surface area contributed by atoms with Crippen LogP contribution in [0, 0.1) is 0 Å². The van der Waals surface area contributed by atoms with Crippen LogP contribution in [0.5, 0.6) is 0 Å². The van der Waals surface area contributed by atoms with E-state index in [4.69, 9.17) is 14.0 Å². The lowest BCUT2D eigenvalue weighted by Gasteiger charge is -2.34. The van der Waals surface area contributed by atoms with E-state index >= 15 is 0 Å². The summed E-state index contributed by atoms with van der Waals surface area (Å²) in [5, 5.41) is 8.83. The predicted octanol–water partition coefficient (Wildman–Crippen LogP) is 2.18. The number of hydrogen-bond donors (Lipinski definition) is 1. The second kappa shape index (κ2) is 6.47. The minimum Gasteiger partial charge on any atom is -0.398 e. The van der Waals surface area contributed by atoms with Gasteiger partial charge in [-0.2, -0.15) is 0 Å². The van der Waals surface area contributed by atoms with E-state index in [0.29, 0.717) is 0 Å². The average molecular weight is 268 g/mol. The zero-order valence-corrected chi connectivity index (χ0v) is 13.7. The van der Waals surface area contributed by atoms with E-state index in [2.05, 4.69) is 35.4 Å². The summed E-state index contributed by atoms with van der Waals surface area (Å²) in [6.45, 7) is 9.12. The van der Waals surface area contributed by atoms with E-state index < -0.39 is 16.6 Å². The van der Waals surface area contributed by atoms with Crippen molar-refractivity contribution in [2.75, 3.05) is 13.7 Å². The summed E-state index contributed by atoms with van der Waals surface area (Å²) in [4.78, 5) is 0. The van der Waals surface area contributed by atoms with Crippen LogP contribution in [0.4, 0.5) is 0 Å². The molecule has 0 fully saturated rings. The molecule has 6 heteroatoms. The van der Waals surface area contributed by atoms with Gasteiger partial charge in [-0.05, 0) is 19.0 Å². The van der Waals surface area contributed by atoms with Crippen molar-refractivity contribution in [1.82, 2.24) is 0 Å². The molecule has 0 aromatic heterocycles. The first-order chi connectivity index (χ1) is 6.75. The highest BCUT2D eigenvalue weighted by Crippen LogP contribution is 2.25. The lowest BCUT2D eigenvalue weighted by molar-refractivity contribution is 0.211. The van der Waals surface area contributed by atoms with E-state index in [0.717, 1.165) is 12.5 Å². The third kappa shape index (κ3) is 6.14. The first-order valence-electron chi connectivity index (χ1n) is 5.34. The summed E-state index contributed by atoms with van der Waals surface area (Å²) in [5.41, 5.74) is 0.229. The first-order valence-corrected chi connectivity index (χ1v) is 12.1. The standard InChI is InChI=1S/C9H25O3PSi2/c1-11-15(5,8-6-7-10)12-9(13)14(2,3)4/h9-10H,6-8,13H2,1-5H3. The van der Waals surface area contributed by atoms with Crippen LogP contribution in [0.2, 0.25) is 32.2 Å². The molecule has 3 atom stereocenters. The van der Waals surface area contributed by atoms with Gasteiger partial charge in [0, 0.05) is 13.7 Å². The average Bonchev–Trinajstić information content (AvgIpc) is 2.13. The Balaban J connectivity index is 4.30. The molecule has 3 unspecified atom stereocenters. The summed E-state index contributed by atoms with van der Waals surface area (Å²) < 4.78 is 11.6. The first kappa shape index (κ1) is 15.7. The highest BCUT2D eigenvalue weighted by Gasteiger charge is 2.36. The Labute approximate surface area is 98.0 Å². The highest BCUT2D eigenvalue weighted by molar-refractivity contribution is 7.24. The fourth-order valence-electron chi connectivity index (χ4n) is 1.05. The Morgan fingerprint density at radius 3 is 2.13 bits per heavy atom. The van der Waals surface area contributed by atoms with Crippen molar-refractivity contribution < 1.29 is 14.0 Å². The van der Waals surface area contributed by atoms with Crippen molar-refractivity contribution in [3.8, 4) is 0 Å². The molecule has 0 aliphatic carbocycles. The van der Waals surface area contributed by atoms with Crippen molar-refractivity contribution in [2.45, 2.75) is 44.1 Å². The molecule has 0 spiro atoms. The molecule has 1 N–H and O–H groups in total. The van der Waals surface area contributed by atoms with E-state index in [1.165, 1.54) is 0 Å². The summed E-state index contributed by atoms with van der Waals surface area (Å²) in [6.07, 6.45) is 0.764. The number of rotatable bonds is 7. The van der Waals surface area contributed by atoms with Crippen LogP contribution >= 0.6 is 9.24 Å². The summed E-state index contributed by atoms with van der Waals surface area (Å²) in [7, 11) is 1.15. The molecule has 0 rings (SSSR count). The van der Waals surface area contributed by atoms with Crippen LogP contribution < -0.4 is 0 Å². The third-order valence-corrected chi connectivity index (χ3v) is 10.8. The van der Waals surface area contributed by atoms with Crippen LogP contribution in [0.1, 0.15) is 6.42 Å². The summed E-state index contributed by atoms with van der Waals surface area (Å²) in [6, 6.07) is 0.857. The van der Waals surface area contributed by atoms with E-state index in [-0.39, 0.29) is 12.1 Å². The maximum absolute atomic E-state index is 8.83. The molecular formula is C9H25O3PSi2. The van der Waals surface area contributed by atoms with Crippen molar-refractivity contribution in [3.63, 3.8) is 0 Å². The Morgan fingerprint density at radius 1 is 1.27 bits per heavy atom. The number of hydrogen-bond acceptors (Lipinski definition) is 3. The zero-order chi connectivity index (χ0) is 12.1. The van der Waals surface area contributed by atoms with Crippen molar-refractivity contribution in [2.24, 2.45) is 0 Å². The molecule has 0 saturated carbocycles. The molecule has 92 valence electrons. The zero-order valence-electron chi connectivity index (χ0n) is 10.5. The van der Waals surface area contributed by atoms with Gasteiger partial charge < -0.3 is 14.0 Å². The molecule has 0 aromatic carbocycles. The Hall–Kier alpha value is 0.744. The van der Waals surface area contributed by atoms with Gasteiger partial charge in [0.05, 0.1) is 13.5 Å². The molecule has 0 bridgehead atoms. The smallest absolute Gasteiger partial charge is 0.335 e. The van der Waals surface area contributed by atoms with Crippen LogP contribution in [0.25, 0.3) is 0 Å². The fraction of sp³-hybridized carbons (Fsp3) is 1.00. The van der Waals surface area contributed by atoms with Gasteiger partial charge >= 0.3 is 8.56 Å². The second-order valence-electron chi connectivity index (χ2n) is 5.07. The third-order valence-electron chi connectivity index (χ3n) is 2.45. The van der Waals surface area contributed by atoms with Gasteiger partial charge in [-0.1, -0.05) is 19.6 Å². The molecule has 0 aliphatic heterocycles. The van der Waals surface area contributed by atoms with Gasteiger partial charge in [-0.3, -0.25) is 0 Å². The molecule has 3 nitrogen and oxygen atoms in total. The summed E-state index contributed by atoms with van der Waals surface area (Å²) >= 11 is 0. The Bertz CT molecular complexity index is 187. The van der Waals surface area contributed by atoms with Crippen molar-refractivity contribution in [3.05, 3.63) is 0 Å². The monoisotopic (exact) mass is 268 g/mol. The molecule has 15 heavy (non-hydrogen) atoms. The molecule has 0 radical (unpaired) electrons. The van der Waals surface area contributed by atoms with E-state index in [9.17, 15) is 0 Å². The lowest BCUT2D eigenvalue weighted by Crippen LogP contribution is -2.47. The summed E-state index contributed by atoms with van der Waals surface area (Å²) in [5.74, 6) is 0. The van der Waals surface area contributed by atoms with Crippen LogP contribution in [0.3, 0.4) is 0 Å². The fourth-order valence-corrected chi connectivity index (χ4v) is 5.84. The molecule has 0 aliphatic rings. The maximum Gasteiger partial charge on any atom is 0.335 e. The topological polar surface area (TPSA) is 38.7 Å². The van der Waals surface area contributed by atoms with Gasteiger partial charge in [0.2, 0.25) is 0 Å². The van der Waals surface area contributed by atoms with E-state index in [1.54, 1.807) is 7.11 Å². The van der Waals surface area contributed by atoms with Gasteiger partial charge in [-0.25, -0.2) is 0 Å². The molecule has 0 heterocycles. The number of aliphatic hydroxyl groups is 1. The molecular weight excluding hydrogens is 243 g/mol. The van der Waals surface area contributed by atoms with Gasteiger partial charge in [0.25, 0.3) is 0 Å². The minimum atomic E-state index is -2.06. The predicted molar refractivity (Wildman–Crippen MR) is 73.1 cm³/mol. The largest absolute Gasteiger partial charge is 0.398 e. The van der Waals surface area contributed by atoms with Crippen molar-refractivity contribution in [1.29, 1.82) is 0 Å². The minimum absolute atomic E-state index is 0.212. The van der Waals surface area contributed by atoms with E-state index in [1.807, 2.05) is 0 Å². The number of aliphatic hydroxyl groups excluding tert-OH is 1. The van der Waals surface area contributed by atoms with Crippen LogP contribution in [-0.4, -0.2) is 40.9 Å². The van der Waals surface area contributed by atoms with Crippen LogP contribution in [0.15, 0.2) is 0 Å². The van der Waals surface area contributed by atoms with Crippen LogP contribution in [-0.2, 0) is 8.85 Å². The second-order valence-corrected chi connectivity index (χ2v) is 15.1. The quantitative estimate of drug-likeness (QED) is 0.568. The molecule has 0 saturated heterocycles. The Kier molecular flexibility index (Phi) is 6.79. The van der Waals surface area contributed by atoms with Gasteiger partial charge in [-0.15, -0.1) is 9.24 Å². The maximum atomic E-state index is 8.83. The van der Waals surface area contributed by atoms with Crippen molar-refractivity contribution >= 4 is 25.9 Å². The van der Waals surface area contributed by atoms with Gasteiger partial charge in [0.15, 0.2) is 0 Å².